The Labute approximate surface area is 243 Å². The fourth-order valence-electron chi connectivity index (χ4n) is 5.10. The largest absolute Gasteiger partial charge is 0.497 e. The van der Waals surface area contributed by atoms with Gasteiger partial charge < -0.3 is 9.64 Å². The molecule has 0 unspecified atom stereocenters. The summed E-state index contributed by atoms with van der Waals surface area (Å²) in [4.78, 5) is 22.3. The van der Waals surface area contributed by atoms with Gasteiger partial charge in [-0.15, -0.1) is 11.3 Å². The van der Waals surface area contributed by atoms with Gasteiger partial charge >= 0.3 is 0 Å². The summed E-state index contributed by atoms with van der Waals surface area (Å²) in [5.74, 6) is 1.20. The number of aromatic nitrogens is 1. The lowest BCUT2D eigenvalue weighted by Crippen LogP contribution is -2.32. The Bertz CT molecular complexity index is 1250. The van der Waals surface area contributed by atoms with Crippen LogP contribution in [0.4, 0.5) is 0 Å². The van der Waals surface area contributed by atoms with Crippen molar-refractivity contribution in [2.24, 2.45) is 0 Å². The summed E-state index contributed by atoms with van der Waals surface area (Å²) in [6.07, 6.45) is 2.87. The van der Waals surface area contributed by atoms with Gasteiger partial charge in [0, 0.05) is 30.9 Å². The molecule has 4 rings (SSSR count). The molecule has 6 heteroatoms. The summed E-state index contributed by atoms with van der Waals surface area (Å²) in [5.41, 5.74) is 4.44. The number of rotatable bonds is 15. The first-order chi connectivity index (χ1) is 19.6. The molecule has 210 valence electrons. The molecule has 4 aromatic rings. The van der Waals surface area contributed by atoms with Crippen LogP contribution in [0.3, 0.4) is 0 Å². The molecule has 0 N–H and O–H groups in total. The summed E-state index contributed by atoms with van der Waals surface area (Å²) in [7, 11) is 1.69. The molecule has 1 amide bonds. The van der Waals surface area contributed by atoms with Crippen LogP contribution in [0.25, 0.3) is 0 Å². The standard InChI is InChI=1S/C34H41N3O2S/c1-4-21-37(22-5-2)34(38)32-26-40-33(35-32)25-36(24-27-16-18-30(39-3)19-17-27)23-20-31(28-12-8-6-9-13-28)29-14-10-7-11-15-29/h6-19,26,31H,4-5,20-25H2,1-3H3. The van der Waals surface area contributed by atoms with Crippen molar-refractivity contribution in [1.82, 2.24) is 14.8 Å². The van der Waals surface area contributed by atoms with Gasteiger partial charge in [-0.25, -0.2) is 4.98 Å². The highest BCUT2D eigenvalue weighted by atomic mass is 32.1. The molecule has 0 fully saturated rings. The zero-order chi connectivity index (χ0) is 28.2. The van der Waals surface area contributed by atoms with Gasteiger partial charge in [-0.05, 0) is 54.6 Å². The highest BCUT2D eigenvalue weighted by molar-refractivity contribution is 7.09. The highest BCUT2D eigenvalue weighted by Crippen LogP contribution is 2.29. The van der Waals surface area contributed by atoms with E-state index in [0.29, 0.717) is 18.2 Å². The number of hydrogen-bond donors (Lipinski definition) is 0. The van der Waals surface area contributed by atoms with Gasteiger partial charge in [0.1, 0.15) is 16.5 Å². The number of carbonyl (C=O) groups excluding carboxylic acids is 1. The molecule has 0 bridgehead atoms. The Morgan fingerprint density at radius 3 is 1.98 bits per heavy atom. The Hall–Kier alpha value is -3.48. The third-order valence-electron chi connectivity index (χ3n) is 7.11. The summed E-state index contributed by atoms with van der Waals surface area (Å²) in [6, 6.07) is 29.8. The first-order valence-corrected chi connectivity index (χ1v) is 15.2. The maximum atomic E-state index is 13.1. The number of ether oxygens (including phenoxy) is 1. The second-order valence-corrected chi connectivity index (χ2v) is 11.1. The van der Waals surface area contributed by atoms with E-state index in [0.717, 1.165) is 56.2 Å². The molecule has 0 radical (unpaired) electrons. The van der Waals surface area contributed by atoms with E-state index < -0.39 is 0 Å². The van der Waals surface area contributed by atoms with Crippen molar-refractivity contribution in [2.45, 2.75) is 52.1 Å². The molecule has 0 aliphatic rings. The van der Waals surface area contributed by atoms with Crippen molar-refractivity contribution < 1.29 is 9.53 Å². The Morgan fingerprint density at radius 1 is 0.825 bits per heavy atom. The van der Waals surface area contributed by atoms with Crippen LogP contribution in [0, 0.1) is 0 Å². The van der Waals surface area contributed by atoms with Gasteiger partial charge in [0.15, 0.2) is 0 Å². The predicted molar refractivity (Wildman–Crippen MR) is 165 cm³/mol. The number of amides is 1. The fraction of sp³-hybridized carbons (Fsp3) is 0.353. The average molecular weight is 556 g/mol. The number of methoxy groups -OCH3 is 1. The van der Waals surface area contributed by atoms with E-state index in [4.69, 9.17) is 9.72 Å². The molecule has 0 spiro atoms. The van der Waals surface area contributed by atoms with Gasteiger partial charge in [-0.2, -0.15) is 0 Å². The second kappa shape index (κ2) is 15.3. The third-order valence-corrected chi connectivity index (χ3v) is 7.94. The van der Waals surface area contributed by atoms with Crippen molar-refractivity contribution in [2.75, 3.05) is 26.7 Å². The van der Waals surface area contributed by atoms with Crippen molar-refractivity contribution in [1.29, 1.82) is 0 Å². The Balaban J connectivity index is 1.54. The second-order valence-electron chi connectivity index (χ2n) is 10.1. The van der Waals surface area contributed by atoms with Crippen LogP contribution in [-0.2, 0) is 13.1 Å². The molecule has 0 saturated carbocycles. The average Bonchev–Trinajstić information content (AvgIpc) is 3.46. The number of benzene rings is 3. The highest BCUT2D eigenvalue weighted by Gasteiger charge is 2.20. The zero-order valence-electron chi connectivity index (χ0n) is 24.0. The third kappa shape index (κ3) is 8.26. The minimum absolute atomic E-state index is 0.0427. The molecule has 0 saturated heterocycles. The van der Waals surface area contributed by atoms with Gasteiger partial charge in [-0.3, -0.25) is 9.69 Å². The van der Waals surface area contributed by atoms with E-state index >= 15 is 0 Å². The van der Waals surface area contributed by atoms with Crippen LogP contribution in [0.1, 0.15) is 71.2 Å². The normalized spacial score (nSPS) is 11.2. The zero-order valence-corrected chi connectivity index (χ0v) is 24.8. The lowest BCUT2D eigenvalue weighted by atomic mass is 9.88. The summed E-state index contributed by atoms with van der Waals surface area (Å²) < 4.78 is 5.37. The van der Waals surface area contributed by atoms with E-state index in [1.165, 1.54) is 16.7 Å². The van der Waals surface area contributed by atoms with E-state index in [1.54, 1.807) is 18.4 Å². The predicted octanol–water partition coefficient (Wildman–Crippen LogP) is 7.64. The topological polar surface area (TPSA) is 45.7 Å². The number of carbonyl (C=O) groups is 1. The number of hydrogen-bond acceptors (Lipinski definition) is 5. The van der Waals surface area contributed by atoms with Crippen LogP contribution in [-0.4, -0.2) is 47.4 Å². The minimum Gasteiger partial charge on any atom is -0.497 e. The monoisotopic (exact) mass is 555 g/mol. The van der Waals surface area contributed by atoms with Crippen LogP contribution in [0.15, 0.2) is 90.3 Å². The molecular weight excluding hydrogens is 514 g/mol. The summed E-state index contributed by atoms with van der Waals surface area (Å²) >= 11 is 1.58. The van der Waals surface area contributed by atoms with E-state index in [1.807, 2.05) is 22.4 Å². The lowest BCUT2D eigenvalue weighted by molar-refractivity contribution is 0.0750. The van der Waals surface area contributed by atoms with Crippen LogP contribution in [0.2, 0.25) is 0 Å². The molecule has 0 aliphatic heterocycles. The molecular formula is C34H41N3O2S. The summed E-state index contributed by atoms with van der Waals surface area (Å²) in [5, 5.41) is 2.90. The van der Waals surface area contributed by atoms with Crippen molar-refractivity contribution in [3.8, 4) is 5.75 Å². The van der Waals surface area contributed by atoms with Crippen molar-refractivity contribution in [3.05, 3.63) is 118 Å². The fourth-order valence-corrected chi connectivity index (χ4v) is 5.91. The van der Waals surface area contributed by atoms with Crippen molar-refractivity contribution in [3.63, 3.8) is 0 Å². The maximum absolute atomic E-state index is 13.1. The van der Waals surface area contributed by atoms with Gasteiger partial charge in [0.25, 0.3) is 5.91 Å². The maximum Gasteiger partial charge on any atom is 0.273 e. The molecule has 3 aromatic carbocycles. The van der Waals surface area contributed by atoms with Crippen LogP contribution < -0.4 is 4.74 Å². The smallest absolute Gasteiger partial charge is 0.273 e. The SMILES string of the molecule is CCCN(CCC)C(=O)c1csc(CN(CCC(c2ccccc2)c2ccccc2)Cc2ccc(OC)cc2)n1. The van der Waals surface area contributed by atoms with Gasteiger partial charge in [0.05, 0.1) is 13.7 Å². The minimum atomic E-state index is 0.0427. The molecule has 0 atom stereocenters. The first-order valence-electron chi connectivity index (χ1n) is 14.3. The molecule has 5 nitrogen and oxygen atoms in total. The van der Waals surface area contributed by atoms with Crippen LogP contribution >= 0.6 is 11.3 Å². The van der Waals surface area contributed by atoms with E-state index in [9.17, 15) is 4.79 Å². The van der Waals surface area contributed by atoms with Crippen molar-refractivity contribution >= 4 is 17.2 Å². The number of nitrogens with zero attached hydrogens (tertiary/aromatic N) is 3. The molecule has 1 heterocycles. The Kier molecular flexibility index (Phi) is 11.3. The first kappa shape index (κ1) is 29.5. The van der Waals surface area contributed by atoms with Gasteiger partial charge in [-0.1, -0.05) is 86.6 Å². The van der Waals surface area contributed by atoms with E-state index in [-0.39, 0.29) is 5.91 Å². The van der Waals surface area contributed by atoms with Crippen LogP contribution in [0.5, 0.6) is 5.75 Å². The molecule has 0 aliphatic carbocycles. The Morgan fingerprint density at radius 2 is 1.43 bits per heavy atom. The van der Waals surface area contributed by atoms with Gasteiger partial charge in [0.2, 0.25) is 0 Å². The van der Waals surface area contributed by atoms with E-state index in [2.05, 4.69) is 91.5 Å². The molecule has 1 aromatic heterocycles. The molecule has 40 heavy (non-hydrogen) atoms. The quantitative estimate of drug-likeness (QED) is 0.151. The number of thiazole rings is 1. The summed E-state index contributed by atoms with van der Waals surface area (Å²) in [6.45, 7) is 8.13. The lowest BCUT2D eigenvalue weighted by Gasteiger charge is -2.25.